The topological polar surface area (TPSA) is 57.2 Å². The number of carbonyl (C=O) groups is 1. The number of rotatable bonds is 10. The summed E-state index contributed by atoms with van der Waals surface area (Å²) in [5.41, 5.74) is 0.771. The van der Waals surface area contributed by atoms with E-state index in [4.69, 9.17) is 18.6 Å². The van der Waals surface area contributed by atoms with E-state index in [2.05, 4.69) is 88.8 Å². The monoisotopic (exact) mass is 593 g/mol. The zero-order valence-corrected chi connectivity index (χ0v) is 27.7. The number of hydrogen-bond donors (Lipinski definition) is 0. The Morgan fingerprint density at radius 2 is 1.95 bits per heavy atom. The molecule has 1 aromatic carbocycles. The molecular weight excluding hydrogens is 542 g/mol. The van der Waals surface area contributed by atoms with Gasteiger partial charge in [0.05, 0.1) is 31.0 Å². The highest BCUT2D eigenvalue weighted by atomic mass is 28.4. The molecule has 0 spiro atoms. The van der Waals surface area contributed by atoms with E-state index in [0.29, 0.717) is 19.6 Å². The first-order valence-electron chi connectivity index (χ1n) is 15.8. The van der Waals surface area contributed by atoms with Gasteiger partial charge in [0.15, 0.2) is 14.1 Å². The van der Waals surface area contributed by atoms with Crippen LogP contribution in [0.1, 0.15) is 65.9 Å². The number of fused-ring (bicyclic) bond motifs is 3. The maximum Gasteiger partial charge on any atom is 0.286 e. The molecule has 8 atom stereocenters. The van der Waals surface area contributed by atoms with Crippen LogP contribution in [0.2, 0.25) is 18.1 Å². The van der Waals surface area contributed by atoms with Gasteiger partial charge in [-0.1, -0.05) is 76.3 Å². The molecule has 2 bridgehead atoms. The lowest BCUT2D eigenvalue weighted by Crippen LogP contribution is -2.52. The number of ether oxygens (including phenoxy) is 3. The number of Topliss-reactive ketones (excluding diaryl/α,β-unsaturated/α-hetero) is 1. The average molecular weight is 594 g/mol. The van der Waals surface area contributed by atoms with Crippen molar-refractivity contribution >= 4 is 20.2 Å². The van der Waals surface area contributed by atoms with Gasteiger partial charge >= 0.3 is 0 Å². The minimum atomic E-state index is -2.03. The summed E-state index contributed by atoms with van der Waals surface area (Å²) in [6.45, 7) is 20.8. The van der Waals surface area contributed by atoms with Crippen molar-refractivity contribution in [2.75, 3.05) is 13.2 Å². The summed E-state index contributed by atoms with van der Waals surface area (Å²) in [5, 5.41) is 0.106. The number of likely N-dealkylation sites (tertiary alicyclic amines) is 1. The highest BCUT2D eigenvalue weighted by molar-refractivity contribution is 6.74. The van der Waals surface area contributed by atoms with E-state index >= 15 is 0 Å². The Hall–Kier alpha value is -2.03. The number of nitrogens with zero attached hydrogens (tertiary/aromatic N) is 1. The van der Waals surface area contributed by atoms with Crippen molar-refractivity contribution in [3.05, 3.63) is 66.9 Å². The van der Waals surface area contributed by atoms with Gasteiger partial charge in [-0.2, -0.15) is 0 Å². The molecule has 5 rings (SSSR count). The van der Waals surface area contributed by atoms with Crippen LogP contribution in [0.25, 0.3) is 6.08 Å². The Balaban J connectivity index is 1.42. The van der Waals surface area contributed by atoms with Gasteiger partial charge in [-0.25, -0.2) is 0 Å². The second-order valence-electron chi connectivity index (χ2n) is 14.6. The molecule has 230 valence electrons. The second-order valence-corrected chi connectivity index (χ2v) is 19.4. The highest BCUT2D eigenvalue weighted by Gasteiger charge is 2.57. The van der Waals surface area contributed by atoms with E-state index in [1.807, 2.05) is 31.2 Å². The first-order valence-corrected chi connectivity index (χ1v) is 18.7. The number of hydrogen-bond acceptors (Lipinski definition) is 6. The molecule has 2 unspecified atom stereocenters. The molecule has 4 aliphatic rings. The van der Waals surface area contributed by atoms with Crippen LogP contribution < -0.4 is 0 Å². The number of carbonyl (C=O) groups excluding carboxylic acids is 1. The van der Waals surface area contributed by atoms with Crippen molar-refractivity contribution < 1.29 is 23.4 Å². The van der Waals surface area contributed by atoms with Crippen molar-refractivity contribution in [1.82, 2.24) is 4.90 Å². The first-order chi connectivity index (χ1) is 19.8. The minimum Gasteiger partial charge on any atom is -0.410 e. The third-order valence-electron chi connectivity index (χ3n) is 10.3. The summed E-state index contributed by atoms with van der Waals surface area (Å²) < 4.78 is 25.5. The second kappa shape index (κ2) is 11.8. The van der Waals surface area contributed by atoms with Crippen LogP contribution in [0, 0.1) is 17.8 Å². The third-order valence-corrected chi connectivity index (χ3v) is 14.8. The average Bonchev–Trinajstić information content (AvgIpc) is 3.42. The fraction of sp³-hybridized carbons (Fsp3) is 0.629. The first kappa shape index (κ1) is 31.4. The minimum absolute atomic E-state index is 0.0157. The standard InChI is InChI=1S/C35H51NO5Si/c1-9-13-28-31(40-42(7,8)33(3,4)5)17-16-27-23-29(36(32(27)28)20-18-26-14-11-10-12-15-26)30(37)22-25(2)35-38-21-19-34(6,41-35)24-39-35/h9-12,14-18,20,25,27-29,31-32H,1,13,19,21-24H2,2-8H3/b20-18+/t25-,27-,28+,29-,31+,32-,34?,35?/m0/s1. The van der Waals surface area contributed by atoms with Crippen LogP contribution >= 0.6 is 0 Å². The van der Waals surface area contributed by atoms with Gasteiger partial charge in [-0.3, -0.25) is 4.79 Å². The molecular formula is C35H51NO5Si. The van der Waals surface area contributed by atoms with Gasteiger partial charge in [0.25, 0.3) is 5.97 Å². The van der Waals surface area contributed by atoms with E-state index in [-0.39, 0.29) is 52.4 Å². The van der Waals surface area contributed by atoms with Crippen molar-refractivity contribution in [3.63, 3.8) is 0 Å². The van der Waals surface area contributed by atoms with Gasteiger partial charge in [0, 0.05) is 42.8 Å². The Morgan fingerprint density at radius 1 is 1.21 bits per heavy atom. The van der Waals surface area contributed by atoms with Crippen molar-refractivity contribution in [1.29, 1.82) is 0 Å². The molecule has 1 aromatic rings. The molecule has 42 heavy (non-hydrogen) atoms. The molecule has 0 aromatic heterocycles. The number of ketones is 1. The SMILES string of the molecule is C=CC[C@H]1[C@@H]2[C@@H](C=C[C@H]1O[Si](C)(C)C(C)(C)C)C[C@@H](C(=O)C[C@H](C)C13OCCC(C)(CO1)O3)N2/C=C/c1ccccc1. The Morgan fingerprint density at radius 3 is 2.64 bits per heavy atom. The molecule has 3 heterocycles. The molecule has 6 nitrogen and oxygen atoms in total. The fourth-order valence-electron chi connectivity index (χ4n) is 6.82. The lowest BCUT2D eigenvalue weighted by Gasteiger charge is -2.46. The lowest BCUT2D eigenvalue weighted by molar-refractivity contribution is -0.388. The van der Waals surface area contributed by atoms with Gasteiger partial charge in [-0.05, 0) is 49.5 Å². The molecule has 0 N–H and O–H groups in total. The predicted molar refractivity (Wildman–Crippen MR) is 170 cm³/mol. The Labute approximate surface area is 254 Å². The van der Waals surface area contributed by atoms with E-state index in [0.717, 1.165) is 24.8 Å². The van der Waals surface area contributed by atoms with Gasteiger partial charge in [0.2, 0.25) is 0 Å². The van der Waals surface area contributed by atoms with Crippen LogP contribution in [-0.4, -0.2) is 62.0 Å². The lowest BCUT2D eigenvalue weighted by atomic mass is 9.78. The smallest absolute Gasteiger partial charge is 0.286 e. The number of benzene rings is 1. The van der Waals surface area contributed by atoms with Crippen LogP contribution in [0.5, 0.6) is 0 Å². The quantitative estimate of drug-likeness (QED) is 0.209. The summed E-state index contributed by atoms with van der Waals surface area (Å²) in [4.78, 5) is 16.6. The van der Waals surface area contributed by atoms with E-state index in [9.17, 15) is 4.79 Å². The molecule has 0 amide bonds. The zero-order valence-electron chi connectivity index (χ0n) is 26.7. The van der Waals surface area contributed by atoms with Gasteiger partial charge in [0.1, 0.15) is 0 Å². The molecule has 3 saturated heterocycles. The third kappa shape index (κ3) is 6.13. The maximum atomic E-state index is 14.2. The summed E-state index contributed by atoms with van der Waals surface area (Å²) in [6.07, 6.45) is 13.6. The van der Waals surface area contributed by atoms with Gasteiger partial charge < -0.3 is 23.5 Å². The van der Waals surface area contributed by atoms with E-state index in [1.165, 1.54) is 0 Å². The van der Waals surface area contributed by atoms with Crippen LogP contribution in [0.4, 0.5) is 0 Å². The summed E-state index contributed by atoms with van der Waals surface area (Å²) in [6, 6.07) is 10.2. The molecule has 0 radical (unpaired) electrons. The molecule has 7 heteroatoms. The summed E-state index contributed by atoms with van der Waals surface area (Å²) in [7, 11) is -2.03. The van der Waals surface area contributed by atoms with E-state index in [1.54, 1.807) is 0 Å². The highest BCUT2D eigenvalue weighted by Crippen LogP contribution is 2.48. The number of allylic oxidation sites excluding steroid dienone is 1. The maximum absolute atomic E-state index is 14.2. The van der Waals surface area contributed by atoms with Crippen LogP contribution in [0.15, 0.2) is 61.3 Å². The molecule has 3 fully saturated rings. The van der Waals surface area contributed by atoms with Crippen LogP contribution in [0.3, 0.4) is 0 Å². The molecule has 1 aliphatic carbocycles. The van der Waals surface area contributed by atoms with Crippen molar-refractivity contribution in [2.45, 2.75) is 108 Å². The summed E-state index contributed by atoms with van der Waals surface area (Å²) >= 11 is 0. The van der Waals surface area contributed by atoms with Gasteiger partial charge in [-0.15, -0.1) is 6.58 Å². The molecule has 3 aliphatic heterocycles. The fourth-order valence-corrected chi connectivity index (χ4v) is 8.11. The van der Waals surface area contributed by atoms with Crippen LogP contribution in [-0.2, 0) is 23.4 Å². The van der Waals surface area contributed by atoms with Crippen molar-refractivity contribution in [2.24, 2.45) is 17.8 Å². The normalized spacial score (nSPS) is 35.4. The van der Waals surface area contributed by atoms with Crippen molar-refractivity contribution in [3.8, 4) is 0 Å². The zero-order chi connectivity index (χ0) is 30.3. The Bertz CT molecular complexity index is 1190. The summed E-state index contributed by atoms with van der Waals surface area (Å²) in [5.74, 6) is -0.697. The largest absolute Gasteiger partial charge is 0.410 e. The van der Waals surface area contributed by atoms with E-state index < -0.39 is 14.3 Å². The Kier molecular flexibility index (Phi) is 8.83. The molecule has 0 saturated carbocycles. The predicted octanol–water partition coefficient (Wildman–Crippen LogP) is 7.34.